The molecule has 188 valence electrons. The van der Waals surface area contributed by atoms with Gasteiger partial charge in [-0.05, 0) is 80.6 Å². The van der Waals surface area contributed by atoms with E-state index in [1.165, 1.54) is 49.3 Å². The first-order chi connectivity index (χ1) is 18.9. The monoisotopic (exact) mass is 519 g/mol. The van der Waals surface area contributed by atoms with E-state index in [-0.39, 0.29) is 0 Å². The Kier molecular flexibility index (Phi) is 5.50. The molecule has 0 saturated carbocycles. The first kappa shape index (κ1) is 23.6. The molecule has 0 amide bonds. The van der Waals surface area contributed by atoms with Gasteiger partial charge in [0.15, 0.2) is 0 Å². The van der Waals surface area contributed by atoms with Crippen LogP contribution in [0.25, 0.3) is 66.2 Å². The van der Waals surface area contributed by atoms with Crippen LogP contribution in [0.15, 0.2) is 126 Å². The van der Waals surface area contributed by atoms with E-state index in [0.29, 0.717) is 5.71 Å². The van der Waals surface area contributed by atoms with Crippen molar-refractivity contribution in [1.29, 1.82) is 0 Å². The zero-order chi connectivity index (χ0) is 26.6. The van der Waals surface area contributed by atoms with Crippen molar-refractivity contribution in [3.63, 3.8) is 0 Å². The van der Waals surface area contributed by atoms with Gasteiger partial charge < -0.3 is 4.42 Å². The number of hydrogen-bond acceptors (Lipinski definition) is 2. The highest BCUT2D eigenvalue weighted by Crippen LogP contribution is 2.33. The van der Waals surface area contributed by atoms with E-state index in [1.54, 1.807) is 6.20 Å². The summed E-state index contributed by atoms with van der Waals surface area (Å²) in [5.41, 5.74) is 8.88. The molecule has 2 aromatic heterocycles. The molecule has 39 heavy (non-hydrogen) atoms. The second kappa shape index (κ2) is 9.07. The largest absolute Gasteiger partial charge is 0.438 e. The van der Waals surface area contributed by atoms with Crippen molar-refractivity contribution < 1.29 is 4.42 Å². The molecule has 5 aromatic carbocycles. The van der Waals surface area contributed by atoms with Crippen LogP contribution in [-0.2, 0) is 0 Å². The second-order valence-corrected chi connectivity index (χ2v) is 16.4. The first-order valence-corrected chi connectivity index (χ1v) is 17.0. The highest BCUT2D eigenvalue weighted by Gasteiger charge is 2.16. The van der Waals surface area contributed by atoms with Crippen molar-refractivity contribution in [2.45, 2.75) is 19.6 Å². The third-order valence-corrected chi connectivity index (χ3v) is 9.79. The molecule has 0 aliphatic carbocycles. The zero-order valence-electron chi connectivity index (χ0n) is 22.4. The molecule has 0 spiro atoms. The molecule has 2 nitrogen and oxygen atoms in total. The lowest BCUT2D eigenvalue weighted by Gasteiger charge is -2.17. The normalized spacial score (nSPS) is 12.0. The van der Waals surface area contributed by atoms with Gasteiger partial charge in [0, 0.05) is 17.0 Å². The summed E-state index contributed by atoms with van der Waals surface area (Å²) < 4.78 is 5.89. The van der Waals surface area contributed by atoms with Crippen LogP contribution in [-0.4, -0.2) is 13.1 Å². The van der Waals surface area contributed by atoms with Crippen LogP contribution < -0.4 is 5.19 Å². The summed E-state index contributed by atoms with van der Waals surface area (Å²) in [5, 5.41) is 6.16. The second-order valence-electron chi connectivity index (χ2n) is 11.4. The molecule has 0 atom stereocenters. The zero-order valence-corrected chi connectivity index (χ0v) is 23.4. The molecule has 7 aromatic rings. The molecule has 3 heteroatoms. The van der Waals surface area contributed by atoms with Crippen molar-refractivity contribution in [2.75, 3.05) is 0 Å². The van der Waals surface area contributed by atoms with E-state index in [2.05, 4.69) is 128 Å². The minimum absolute atomic E-state index is 0.684. The van der Waals surface area contributed by atoms with Crippen molar-refractivity contribution in [1.82, 2.24) is 4.98 Å². The fourth-order valence-corrected chi connectivity index (χ4v) is 6.58. The Morgan fingerprint density at radius 3 is 1.62 bits per heavy atom. The standard InChI is InChI=1S/C36H29NOSi/c1-39(2,3)32-17-14-26(15-18-32)28-11-13-29-21-27(10-12-30(29)22-28)24-6-8-25(9-7-24)31-16-19-35-34(23-31)33-5-4-20-37-36(33)38-35/h4-23H,1-3H3. The van der Waals surface area contributed by atoms with Crippen LogP contribution in [0.4, 0.5) is 0 Å². The van der Waals surface area contributed by atoms with Gasteiger partial charge in [-0.3, -0.25) is 0 Å². The Bertz CT molecular complexity index is 1980. The van der Waals surface area contributed by atoms with Crippen LogP contribution >= 0.6 is 0 Å². The number of nitrogens with zero attached hydrogens (tertiary/aromatic N) is 1. The molecule has 0 saturated heterocycles. The van der Waals surface area contributed by atoms with Gasteiger partial charge in [-0.25, -0.2) is 4.98 Å². The Labute approximate surface area is 229 Å². The predicted molar refractivity (Wildman–Crippen MR) is 168 cm³/mol. The summed E-state index contributed by atoms with van der Waals surface area (Å²) in [5.74, 6) is 0. The summed E-state index contributed by atoms with van der Waals surface area (Å²) in [6, 6.07) is 41.9. The Morgan fingerprint density at radius 1 is 0.513 bits per heavy atom. The Morgan fingerprint density at radius 2 is 1.03 bits per heavy atom. The molecular formula is C36H29NOSi. The number of hydrogen-bond donors (Lipinski definition) is 0. The highest BCUT2D eigenvalue weighted by molar-refractivity contribution is 6.88. The maximum Gasteiger partial charge on any atom is 0.227 e. The third kappa shape index (κ3) is 4.35. The molecule has 2 heterocycles. The molecule has 0 aliphatic rings. The van der Waals surface area contributed by atoms with Gasteiger partial charge in [0.2, 0.25) is 5.71 Å². The average molecular weight is 520 g/mol. The number of rotatable bonds is 4. The smallest absolute Gasteiger partial charge is 0.227 e. The van der Waals surface area contributed by atoms with E-state index in [4.69, 9.17) is 4.42 Å². The number of pyridine rings is 1. The molecule has 0 radical (unpaired) electrons. The van der Waals surface area contributed by atoms with Crippen LogP contribution in [0.5, 0.6) is 0 Å². The fourth-order valence-electron chi connectivity index (χ4n) is 5.41. The fraction of sp³-hybridized carbons (Fsp3) is 0.0833. The minimum atomic E-state index is -1.29. The highest BCUT2D eigenvalue weighted by atomic mass is 28.3. The minimum Gasteiger partial charge on any atom is -0.438 e. The number of benzene rings is 5. The topological polar surface area (TPSA) is 26.0 Å². The SMILES string of the molecule is C[Si](C)(C)c1ccc(-c2ccc3cc(-c4ccc(-c5ccc6oc7ncccc7c6c5)cc4)ccc3c2)cc1. The van der Waals surface area contributed by atoms with E-state index < -0.39 is 8.07 Å². The van der Waals surface area contributed by atoms with Gasteiger partial charge in [-0.15, -0.1) is 0 Å². The van der Waals surface area contributed by atoms with Crippen molar-refractivity contribution in [3.8, 4) is 33.4 Å². The molecule has 0 unspecified atom stereocenters. The summed E-state index contributed by atoms with van der Waals surface area (Å²) in [7, 11) is -1.29. The lowest BCUT2D eigenvalue weighted by atomic mass is 9.96. The number of aromatic nitrogens is 1. The van der Waals surface area contributed by atoms with Crippen LogP contribution in [0.2, 0.25) is 19.6 Å². The lowest BCUT2D eigenvalue weighted by molar-refractivity contribution is 0.654. The van der Waals surface area contributed by atoms with Crippen molar-refractivity contribution in [2.24, 2.45) is 0 Å². The Hall–Kier alpha value is -4.47. The number of furan rings is 1. The van der Waals surface area contributed by atoms with Crippen LogP contribution in [0, 0.1) is 0 Å². The van der Waals surface area contributed by atoms with Gasteiger partial charge in [0.05, 0.1) is 8.07 Å². The van der Waals surface area contributed by atoms with E-state index >= 15 is 0 Å². The Balaban J connectivity index is 1.17. The molecule has 0 bridgehead atoms. The maximum atomic E-state index is 5.89. The van der Waals surface area contributed by atoms with Gasteiger partial charge in [-0.2, -0.15) is 0 Å². The molecular weight excluding hydrogens is 490 g/mol. The lowest BCUT2D eigenvalue weighted by Crippen LogP contribution is -2.37. The van der Waals surface area contributed by atoms with E-state index in [0.717, 1.165) is 16.4 Å². The maximum absolute atomic E-state index is 5.89. The van der Waals surface area contributed by atoms with Gasteiger partial charge in [0.25, 0.3) is 0 Å². The van der Waals surface area contributed by atoms with Gasteiger partial charge in [0.1, 0.15) is 5.58 Å². The summed E-state index contributed by atoms with van der Waals surface area (Å²) in [4.78, 5) is 4.35. The molecule has 0 N–H and O–H groups in total. The average Bonchev–Trinajstić information content (AvgIpc) is 3.34. The van der Waals surface area contributed by atoms with Crippen molar-refractivity contribution >= 4 is 46.1 Å². The van der Waals surface area contributed by atoms with E-state index in [1.807, 2.05) is 12.1 Å². The summed E-state index contributed by atoms with van der Waals surface area (Å²) in [6.45, 7) is 7.17. The molecule has 0 fully saturated rings. The number of fused-ring (bicyclic) bond motifs is 4. The van der Waals surface area contributed by atoms with Gasteiger partial charge in [-0.1, -0.05) is 104 Å². The van der Waals surface area contributed by atoms with E-state index in [9.17, 15) is 0 Å². The van der Waals surface area contributed by atoms with Crippen LogP contribution in [0.3, 0.4) is 0 Å². The van der Waals surface area contributed by atoms with Gasteiger partial charge >= 0.3 is 0 Å². The predicted octanol–water partition coefficient (Wildman–Crippen LogP) is 9.68. The quantitative estimate of drug-likeness (QED) is 0.216. The molecule has 0 aliphatic heterocycles. The summed E-state index contributed by atoms with van der Waals surface area (Å²) in [6.07, 6.45) is 1.77. The summed E-state index contributed by atoms with van der Waals surface area (Å²) >= 11 is 0. The molecule has 7 rings (SSSR count). The van der Waals surface area contributed by atoms with Crippen LogP contribution in [0.1, 0.15) is 0 Å². The third-order valence-electron chi connectivity index (χ3n) is 7.72. The van der Waals surface area contributed by atoms with Crippen molar-refractivity contribution in [3.05, 3.63) is 121 Å². The first-order valence-electron chi connectivity index (χ1n) is 13.5.